The van der Waals surface area contributed by atoms with Gasteiger partial charge in [-0.05, 0) is 67.1 Å². The predicted molar refractivity (Wildman–Crippen MR) is 89.8 cm³/mol. The summed E-state index contributed by atoms with van der Waals surface area (Å²) in [5.41, 5.74) is 0.164. The second kappa shape index (κ2) is 6.45. The van der Waals surface area contributed by atoms with Gasteiger partial charge in [0, 0.05) is 10.6 Å². The SMILES string of the molecule is CC1CCCc2c(F)ccc(F)c2C1S(=O)(=O)c1ccc(Cl)cc1. The van der Waals surface area contributed by atoms with Gasteiger partial charge in [0.05, 0.1) is 10.1 Å². The summed E-state index contributed by atoms with van der Waals surface area (Å²) in [6.07, 6.45) is 1.56. The Balaban J connectivity index is 2.23. The van der Waals surface area contributed by atoms with Gasteiger partial charge in [0.25, 0.3) is 0 Å². The van der Waals surface area contributed by atoms with Crippen LogP contribution in [0.2, 0.25) is 5.02 Å². The fraction of sp³-hybridized carbons (Fsp3) is 0.333. The number of hydrogen-bond donors (Lipinski definition) is 0. The molecule has 0 spiro atoms. The molecular weight excluding hydrogens is 354 g/mol. The van der Waals surface area contributed by atoms with Crippen LogP contribution in [0, 0.1) is 17.6 Å². The quantitative estimate of drug-likeness (QED) is 0.689. The third-order valence-electron chi connectivity index (χ3n) is 4.61. The summed E-state index contributed by atoms with van der Waals surface area (Å²) in [6, 6.07) is 7.86. The second-order valence-corrected chi connectivity index (χ2v) is 8.72. The highest BCUT2D eigenvalue weighted by Crippen LogP contribution is 2.43. The molecule has 0 N–H and O–H groups in total. The molecule has 2 atom stereocenters. The smallest absolute Gasteiger partial charge is 0.185 e. The lowest BCUT2D eigenvalue weighted by molar-refractivity contribution is 0.474. The van der Waals surface area contributed by atoms with Gasteiger partial charge in [-0.3, -0.25) is 0 Å². The third kappa shape index (κ3) is 2.95. The molecule has 2 unspecified atom stereocenters. The summed E-state index contributed by atoms with van der Waals surface area (Å²) < 4.78 is 55.0. The summed E-state index contributed by atoms with van der Waals surface area (Å²) in [6.45, 7) is 1.78. The van der Waals surface area contributed by atoms with Crippen LogP contribution in [-0.4, -0.2) is 8.42 Å². The zero-order chi connectivity index (χ0) is 17.5. The third-order valence-corrected chi connectivity index (χ3v) is 7.16. The first kappa shape index (κ1) is 17.4. The molecule has 2 aromatic rings. The van der Waals surface area contributed by atoms with Crippen LogP contribution in [-0.2, 0) is 16.3 Å². The number of hydrogen-bond acceptors (Lipinski definition) is 2. The van der Waals surface area contributed by atoms with Crippen molar-refractivity contribution in [1.82, 2.24) is 0 Å². The molecule has 0 heterocycles. The average Bonchev–Trinajstić information content (AvgIpc) is 2.71. The van der Waals surface area contributed by atoms with Crippen LogP contribution in [0.1, 0.15) is 36.1 Å². The number of sulfone groups is 1. The minimum Gasteiger partial charge on any atom is -0.223 e. The van der Waals surface area contributed by atoms with E-state index >= 15 is 0 Å². The minimum absolute atomic E-state index is 0.0186. The molecule has 3 rings (SSSR count). The van der Waals surface area contributed by atoms with Crippen molar-refractivity contribution >= 4 is 21.4 Å². The van der Waals surface area contributed by atoms with Crippen LogP contribution >= 0.6 is 11.6 Å². The van der Waals surface area contributed by atoms with Gasteiger partial charge in [0.1, 0.15) is 11.6 Å². The first-order chi connectivity index (χ1) is 11.3. The zero-order valence-electron chi connectivity index (χ0n) is 13.1. The van der Waals surface area contributed by atoms with Crippen molar-refractivity contribution in [2.75, 3.05) is 0 Å². The minimum atomic E-state index is -3.87. The Labute approximate surface area is 145 Å². The van der Waals surface area contributed by atoms with Gasteiger partial charge in [-0.1, -0.05) is 18.5 Å². The number of rotatable bonds is 2. The Hall–Kier alpha value is -1.46. The van der Waals surface area contributed by atoms with Crippen molar-refractivity contribution in [1.29, 1.82) is 0 Å². The fourth-order valence-electron chi connectivity index (χ4n) is 3.44. The summed E-state index contributed by atoms with van der Waals surface area (Å²) in [4.78, 5) is 0.0697. The Morgan fingerprint density at radius 2 is 1.67 bits per heavy atom. The van der Waals surface area contributed by atoms with E-state index < -0.39 is 26.7 Å². The van der Waals surface area contributed by atoms with Crippen molar-refractivity contribution in [2.24, 2.45) is 5.92 Å². The fourth-order valence-corrected chi connectivity index (χ4v) is 5.69. The van der Waals surface area contributed by atoms with E-state index in [-0.39, 0.29) is 21.9 Å². The summed E-state index contributed by atoms with van der Waals surface area (Å²) in [7, 11) is -3.87. The molecular formula is C18H17ClF2O2S. The van der Waals surface area contributed by atoms with Crippen molar-refractivity contribution < 1.29 is 17.2 Å². The van der Waals surface area contributed by atoms with Crippen LogP contribution in [0.5, 0.6) is 0 Å². The van der Waals surface area contributed by atoms with Gasteiger partial charge in [-0.15, -0.1) is 0 Å². The molecule has 0 aromatic heterocycles. The van der Waals surface area contributed by atoms with Crippen LogP contribution in [0.15, 0.2) is 41.3 Å². The largest absolute Gasteiger partial charge is 0.223 e. The van der Waals surface area contributed by atoms with Gasteiger partial charge in [-0.2, -0.15) is 0 Å². The lowest BCUT2D eigenvalue weighted by Gasteiger charge is -2.24. The molecule has 24 heavy (non-hydrogen) atoms. The van der Waals surface area contributed by atoms with E-state index in [1.165, 1.54) is 24.3 Å². The van der Waals surface area contributed by atoms with E-state index in [1.54, 1.807) is 6.92 Å². The van der Waals surface area contributed by atoms with Crippen molar-refractivity contribution in [3.05, 3.63) is 64.2 Å². The van der Waals surface area contributed by atoms with Gasteiger partial charge < -0.3 is 0 Å². The molecule has 0 radical (unpaired) electrons. The van der Waals surface area contributed by atoms with Crippen LogP contribution in [0.4, 0.5) is 8.78 Å². The maximum absolute atomic E-state index is 14.5. The summed E-state index contributed by atoms with van der Waals surface area (Å²) in [5.74, 6) is -1.53. The van der Waals surface area contributed by atoms with Crippen molar-refractivity contribution in [3.8, 4) is 0 Å². The number of benzene rings is 2. The summed E-state index contributed by atoms with van der Waals surface area (Å²) >= 11 is 5.82. The Morgan fingerprint density at radius 1 is 1.04 bits per heavy atom. The molecule has 0 fully saturated rings. The molecule has 2 aromatic carbocycles. The highest BCUT2D eigenvalue weighted by atomic mass is 35.5. The molecule has 0 aliphatic heterocycles. The first-order valence-electron chi connectivity index (χ1n) is 7.78. The molecule has 0 saturated carbocycles. The number of fused-ring (bicyclic) bond motifs is 1. The van der Waals surface area contributed by atoms with Crippen LogP contribution < -0.4 is 0 Å². The summed E-state index contributed by atoms with van der Waals surface area (Å²) in [5, 5.41) is -0.688. The normalized spacial score (nSPS) is 21.2. The van der Waals surface area contributed by atoms with Gasteiger partial charge in [0.2, 0.25) is 0 Å². The molecule has 6 heteroatoms. The lowest BCUT2D eigenvalue weighted by atomic mass is 9.97. The zero-order valence-corrected chi connectivity index (χ0v) is 14.7. The van der Waals surface area contributed by atoms with E-state index in [0.29, 0.717) is 24.3 Å². The average molecular weight is 371 g/mol. The Bertz CT molecular complexity index is 863. The topological polar surface area (TPSA) is 34.1 Å². The van der Waals surface area contributed by atoms with Crippen LogP contribution in [0.25, 0.3) is 0 Å². The van der Waals surface area contributed by atoms with Gasteiger partial charge in [0.15, 0.2) is 9.84 Å². The highest BCUT2D eigenvalue weighted by molar-refractivity contribution is 7.91. The van der Waals surface area contributed by atoms with E-state index in [1.807, 2.05) is 0 Å². The van der Waals surface area contributed by atoms with Crippen molar-refractivity contribution in [3.63, 3.8) is 0 Å². The molecule has 1 aliphatic rings. The molecule has 1 aliphatic carbocycles. The number of halogens is 3. The monoisotopic (exact) mass is 370 g/mol. The highest BCUT2D eigenvalue weighted by Gasteiger charge is 2.39. The van der Waals surface area contributed by atoms with E-state index in [9.17, 15) is 17.2 Å². The second-order valence-electron chi connectivity index (χ2n) is 6.21. The maximum Gasteiger partial charge on any atom is 0.185 e. The molecule has 0 saturated heterocycles. The van der Waals surface area contributed by atoms with E-state index in [2.05, 4.69) is 0 Å². The molecule has 0 bridgehead atoms. The molecule has 0 amide bonds. The van der Waals surface area contributed by atoms with Gasteiger partial charge in [-0.25, -0.2) is 17.2 Å². The van der Waals surface area contributed by atoms with Crippen molar-refractivity contribution in [2.45, 2.75) is 36.3 Å². The molecule has 128 valence electrons. The Morgan fingerprint density at radius 3 is 2.33 bits per heavy atom. The van der Waals surface area contributed by atoms with Gasteiger partial charge >= 0.3 is 0 Å². The molecule has 2 nitrogen and oxygen atoms in total. The maximum atomic E-state index is 14.5. The Kier molecular flexibility index (Phi) is 4.67. The predicted octanol–water partition coefficient (Wildman–Crippen LogP) is 5.11. The lowest BCUT2D eigenvalue weighted by Crippen LogP contribution is -2.22. The first-order valence-corrected chi connectivity index (χ1v) is 9.71. The van der Waals surface area contributed by atoms with E-state index in [4.69, 9.17) is 11.6 Å². The standard InChI is InChI=1S/C18H17ClF2O2S/c1-11-3-2-4-14-15(20)9-10-16(21)17(14)18(11)24(22,23)13-7-5-12(19)6-8-13/h5-11,18H,2-4H2,1H3. The van der Waals surface area contributed by atoms with E-state index in [0.717, 1.165) is 12.1 Å². The van der Waals surface area contributed by atoms with Crippen LogP contribution in [0.3, 0.4) is 0 Å².